The zero-order valence-electron chi connectivity index (χ0n) is 22.3. The van der Waals surface area contributed by atoms with Crippen molar-refractivity contribution in [1.82, 2.24) is 4.90 Å². The molecule has 4 rings (SSSR count). The SMILES string of the molecule is CCOc1ccc(/C(O)=C2\C(=O)C(=O)N(Cc3ccc(C(=O)O)cc3)C2c2ccccc2OC)cc1C(C)C. The highest BCUT2D eigenvalue weighted by atomic mass is 16.5. The summed E-state index contributed by atoms with van der Waals surface area (Å²) in [4.78, 5) is 39.5. The molecule has 3 aromatic rings. The highest BCUT2D eigenvalue weighted by molar-refractivity contribution is 6.46. The van der Waals surface area contributed by atoms with Crippen molar-refractivity contribution in [3.8, 4) is 11.5 Å². The third-order valence-electron chi connectivity index (χ3n) is 6.73. The van der Waals surface area contributed by atoms with Crippen LogP contribution in [-0.2, 0) is 16.1 Å². The number of likely N-dealkylation sites (tertiary alicyclic amines) is 1. The third kappa shape index (κ3) is 5.36. The number of aromatic carboxylic acids is 1. The lowest BCUT2D eigenvalue weighted by atomic mass is 9.92. The van der Waals surface area contributed by atoms with Crippen LogP contribution in [0.1, 0.15) is 65.3 Å². The molecule has 1 heterocycles. The van der Waals surface area contributed by atoms with Gasteiger partial charge in [0, 0.05) is 17.7 Å². The largest absolute Gasteiger partial charge is 0.507 e. The van der Waals surface area contributed by atoms with E-state index in [0.29, 0.717) is 34.8 Å². The molecule has 39 heavy (non-hydrogen) atoms. The summed E-state index contributed by atoms with van der Waals surface area (Å²) in [7, 11) is 1.50. The fourth-order valence-corrected chi connectivity index (χ4v) is 4.80. The second-order valence-electron chi connectivity index (χ2n) is 9.51. The van der Waals surface area contributed by atoms with Crippen LogP contribution in [0.25, 0.3) is 5.76 Å². The van der Waals surface area contributed by atoms with E-state index >= 15 is 0 Å². The van der Waals surface area contributed by atoms with E-state index in [1.165, 1.54) is 24.1 Å². The number of methoxy groups -OCH3 is 1. The van der Waals surface area contributed by atoms with Crippen molar-refractivity contribution in [3.63, 3.8) is 0 Å². The van der Waals surface area contributed by atoms with Gasteiger partial charge in [-0.15, -0.1) is 0 Å². The number of ketones is 1. The average molecular weight is 530 g/mol. The summed E-state index contributed by atoms with van der Waals surface area (Å²) in [6, 6.07) is 17.4. The Hall–Kier alpha value is -4.59. The van der Waals surface area contributed by atoms with Crippen molar-refractivity contribution >= 4 is 23.4 Å². The first-order valence-electron chi connectivity index (χ1n) is 12.7. The van der Waals surface area contributed by atoms with E-state index in [9.17, 15) is 24.6 Å². The van der Waals surface area contributed by atoms with Crippen LogP contribution >= 0.6 is 0 Å². The first-order chi connectivity index (χ1) is 18.7. The van der Waals surface area contributed by atoms with Crippen LogP contribution in [0.5, 0.6) is 11.5 Å². The van der Waals surface area contributed by atoms with Gasteiger partial charge in [-0.1, -0.05) is 44.2 Å². The number of hydrogen-bond donors (Lipinski definition) is 2. The highest BCUT2D eigenvalue weighted by Crippen LogP contribution is 2.44. The van der Waals surface area contributed by atoms with Crippen molar-refractivity contribution in [3.05, 3.63) is 100 Å². The van der Waals surface area contributed by atoms with Crippen molar-refractivity contribution in [1.29, 1.82) is 0 Å². The monoisotopic (exact) mass is 529 g/mol. The Morgan fingerprint density at radius 2 is 1.62 bits per heavy atom. The molecule has 8 nitrogen and oxygen atoms in total. The molecule has 8 heteroatoms. The van der Waals surface area contributed by atoms with Crippen LogP contribution < -0.4 is 9.47 Å². The third-order valence-corrected chi connectivity index (χ3v) is 6.73. The number of nitrogens with zero attached hydrogens (tertiary/aromatic N) is 1. The quantitative estimate of drug-likeness (QED) is 0.213. The molecule has 1 unspecified atom stereocenters. The molecule has 0 bridgehead atoms. The molecule has 1 fully saturated rings. The number of carboxylic acid groups (broad SMARTS) is 1. The Kier molecular flexibility index (Phi) is 8.04. The fraction of sp³-hybridized carbons (Fsp3) is 0.258. The van der Waals surface area contributed by atoms with Crippen LogP contribution in [0.4, 0.5) is 0 Å². The molecule has 2 N–H and O–H groups in total. The Bertz CT molecular complexity index is 1440. The molecule has 1 aliphatic heterocycles. The van der Waals surface area contributed by atoms with E-state index in [2.05, 4.69) is 0 Å². The highest BCUT2D eigenvalue weighted by Gasteiger charge is 2.47. The van der Waals surface area contributed by atoms with Gasteiger partial charge in [0.15, 0.2) is 0 Å². The number of aliphatic hydroxyl groups is 1. The van der Waals surface area contributed by atoms with Gasteiger partial charge in [0.1, 0.15) is 17.3 Å². The molecular formula is C31H31NO7. The molecule has 0 radical (unpaired) electrons. The predicted molar refractivity (Wildman–Crippen MR) is 146 cm³/mol. The maximum Gasteiger partial charge on any atom is 0.335 e. The van der Waals surface area contributed by atoms with Crippen LogP contribution in [0.3, 0.4) is 0 Å². The van der Waals surface area contributed by atoms with Crippen LogP contribution in [0.15, 0.2) is 72.3 Å². The number of amides is 1. The summed E-state index contributed by atoms with van der Waals surface area (Å²) in [6.07, 6.45) is 0. The van der Waals surface area contributed by atoms with E-state index in [-0.39, 0.29) is 29.4 Å². The smallest absolute Gasteiger partial charge is 0.335 e. The minimum absolute atomic E-state index is 0.0183. The Morgan fingerprint density at radius 3 is 2.23 bits per heavy atom. The summed E-state index contributed by atoms with van der Waals surface area (Å²) in [5.41, 5.74) is 2.49. The molecule has 1 amide bonds. The lowest BCUT2D eigenvalue weighted by Gasteiger charge is -2.27. The van der Waals surface area contributed by atoms with Gasteiger partial charge in [-0.05, 0) is 60.4 Å². The molecule has 0 aromatic heterocycles. The number of ether oxygens (including phenoxy) is 2. The minimum Gasteiger partial charge on any atom is -0.507 e. The number of para-hydroxylation sites is 1. The molecule has 1 saturated heterocycles. The number of carboxylic acids is 1. The molecule has 1 atom stereocenters. The molecule has 3 aromatic carbocycles. The van der Waals surface area contributed by atoms with Gasteiger partial charge in [-0.25, -0.2) is 4.79 Å². The van der Waals surface area contributed by atoms with Crippen LogP contribution in [-0.4, -0.2) is 46.5 Å². The van der Waals surface area contributed by atoms with Gasteiger partial charge < -0.3 is 24.6 Å². The van der Waals surface area contributed by atoms with Crippen molar-refractivity contribution in [2.24, 2.45) is 0 Å². The number of Topliss-reactive ketones (excluding diaryl/α,β-unsaturated/α-hetero) is 1. The number of carbonyl (C=O) groups is 3. The fourth-order valence-electron chi connectivity index (χ4n) is 4.80. The zero-order valence-corrected chi connectivity index (χ0v) is 22.3. The molecule has 202 valence electrons. The number of aliphatic hydroxyl groups excluding tert-OH is 1. The Balaban J connectivity index is 1.87. The molecule has 0 aliphatic carbocycles. The average Bonchev–Trinajstić information content (AvgIpc) is 3.18. The second kappa shape index (κ2) is 11.4. The van der Waals surface area contributed by atoms with E-state index in [1.807, 2.05) is 20.8 Å². The molecular weight excluding hydrogens is 498 g/mol. The van der Waals surface area contributed by atoms with E-state index in [0.717, 1.165) is 5.56 Å². The minimum atomic E-state index is -1.06. The number of rotatable bonds is 9. The molecule has 0 spiro atoms. The van der Waals surface area contributed by atoms with Gasteiger partial charge in [-0.2, -0.15) is 0 Å². The van der Waals surface area contributed by atoms with Crippen LogP contribution in [0, 0.1) is 0 Å². The molecule has 1 aliphatic rings. The number of hydrogen-bond acceptors (Lipinski definition) is 6. The van der Waals surface area contributed by atoms with Gasteiger partial charge in [0.2, 0.25) is 0 Å². The summed E-state index contributed by atoms with van der Waals surface area (Å²) in [5, 5.41) is 20.8. The summed E-state index contributed by atoms with van der Waals surface area (Å²) in [5.74, 6) is -1.72. The number of benzene rings is 3. The summed E-state index contributed by atoms with van der Waals surface area (Å²) >= 11 is 0. The number of carbonyl (C=O) groups excluding carboxylic acids is 2. The predicted octanol–water partition coefficient (Wildman–Crippen LogP) is 5.54. The van der Waals surface area contributed by atoms with E-state index in [1.54, 1.807) is 54.6 Å². The van der Waals surface area contributed by atoms with Gasteiger partial charge in [-0.3, -0.25) is 9.59 Å². The van der Waals surface area contributed by atoms with Gasteiger partial charge in [0.25, 0.3) is 11.7 Å². The Morgan fingerprint density at radius 1 is 0.949 bits per heavy atom. The first kappa shape index (κ1) is 27.4. The molecule has 0 saturated carbocycles. The normalized spacial score (nSPS) is 16.5. The summed E-state index contributed by atoms with van der Waals surface area (Å²) in [6.45, 7) is 6.40. The van der Waals surface area contributed by atoms with Gasteiger partial charge >= 0.3 is 5.97 Å². The first-order valence-corrected chi connectivity index (χ1v) is 12.7. The lowest BCUT2D eigenvalue weighted by molar-refractivity contribution is -0.140. The Labute approximate surface area is 227 Å². The van der Waals surface area contributed by atoms with Gasteiger partial charge in [0.05, 0.1) is 30.9 Å². The topological polar surface area (TPSA) is 113 Å². The van der Waals surface area contributed by atoms with Crippen molar-refractivity contribution in [2.75, 3.05) is 13.7 Å². The van der Waals surface area contributed by atoms with Crippen molar-refractivity contribution in [2.45, 2.75) is 39.3 Å². The zero-order chi connectivity index (χ0) is 28.3. The van der Waals surface area contributed by atoms with Crippen LogP contribution in [0.2, 0.25) is 0 Å². The maximum absolute atomic E-state index is 13.5. The van der Waals surface area contributed by atoms with Crippen molar-refractivity contribution < 1.29 is 34.1 Å². The lowest BCUT2D eigenvalue weighted by Crippen LogP contribution is -2.29. The maximum atomic E-state index is 13.5. The second-order valence-corrected chi connectivity index (χ2v) is 9.51. The summed E-state index contributed by atoms with van der Waals surface area (Å²) < 4.78 is 11.3. The van der Waals surface area contributed by atoms with E-state index in [4.69, 9.17) is 9.47 Å². The van der Waals surface area contributed by atoms with E-state index < -0.39 is 23.7 Å². The standard InChI is InChI=1S/C31H31NO7/c1-5-39-25-15-14-21(16-23(25)18(2)3)28(33)26-27(22-8-6-7-9-24(22)38-4)32(30(35)29(26)34)17-19-10-12-20(13-11-19)31(36)37/h6-16,18,27,33H,5,17H2,1-4H3,(H,36,37)/b28-26+.